The summed E-state index contributed by atoms with van der Waals surface area (Å²) in [6.07, 6.45) is 0.325. The number of fused-ring (bicyclic) bond motifs is 1. The number of amides is 1. The van der Waals surface area contributed by atoms with E-state index in [2.05, 4.69) is 26.2 Å². The molecule has 0 saturated carbocycles. The van der Waals surface area contributed by atoms with Gasteiger partial charge in [0.2, 0.25) is 11.5 Å². The van der Waals surface area contributed by atoms with E-state index in [0.717, 1.165) is 25.1 Å². The average Bonchev–Trinajstić information content (AvgIpc) is 2.99. The Morgan fingerprint density at radius 1 is 1.32 bits per heavy atom. The second-order valence-electron chi connectivity index (χ2n) is 5.90. The Bertz CT molecular complexity index is 980. The maximum Gasteiger partial charge on any atom is 0.248 e. The summed E-state index contributed by atoms with van der Waals surface area (Å²) >= 11 is 5.03. The van der Waals surface area contributed by atoms with Crippen LogP contribution in [0.3, 0.4) is 0 Å². The van der Waals surface area contributed by atoms with Crippen molar-refractivity contribution in [2.24, 2.45) is 5.73 Å². The predicted octanol–water partition coefficient (Wildman–Crippen LogP) is 3.73. The fourth-order valence-corrected chi connectivity index (χ4v) is 4.32. The fraction of sp³-hybridized carbons (Fsp3) is 0.222. The van der Waals surface area contributed by atoms with E-state index in [-0.39, 0.29) is 17.4 Å². The molecule has 1 atom stereocenters. The van der Waals surface area contributed by atoms with Crippen LogP contribution in [0.1, 0.15) is 22.8 Å². The van der Waals surface area contributed by atoms with Gasteiger partial charge >= 0.3 is 0 Å². The molecule has 1 amide bonds. The number of carbonyl (C=O) groups excluding carboxylic acids is 1. The van der Waals surface area contributed by atoms with Crippen LogP contribution in [0.4, 0.5) is 5.69 Å². The highest BCUT2D eigenvalue weighted by Crippen LogP contribution is 2.30. The van der Waals surface area contributed by atoms with Gasteiger partial charge in [-0.2, -0.15) is 0 Å². The van der Waals surface area contributed by atoms with Gasteiger partial charge in [0.05, 0.1) is 3.79 Å². The van der Waals surface area contributed by atoms with E-state index < -0.39 is 0 Å². The summed E-state index contributed by atoms with van der Waals surface area (Å²) in [5.41, 5.74) is 8.05. The average molecular weight is 420 g/mol. The highest BCUT2D eigenvalue weighted by atomic mass is 79.9. The summed E-state index contributed by atoms with van der Waals surface area (Å²) in [6, 6.07) is 11.0. The molecule has 1 aromatic carbocycles. The lowest BCUT2D eigenvalue weighted by Crippen LogP contribution is -2.20. The topological polar surface area (TPSA) is 88.0 Å². The highest BCUT2D eigenvalue weighted by molar-refractivity contribution is 9.11. The first kappa shape index (κ1) is 17.8. The summed E-state index contributed by atoms with van der Waals surface area (Å²) in [6.45, 7) is 2.29. The predicted molar refractivity (Wildman–Crippen MR) is 106 cm³/mol. The minimum absolute atomic E-state index is 0.00477. The number of pyridine rings is 1. The number of thiophene rings is 1. The van der Waals surface area contributed by atoms with Gasteiger partial charge in [-0.3, -0.25) is 9.59 Å². The normalized spacial score (nSPS) is 12.3. The number of benzene rings is 1. The number of anilines is 1. The lowest BCUT2D eigenvalue weighted by Gasteiger charge is -2.13. The second-order valence-corrected chi connectivity index (χ2v) is 8.40. The molecule has 0 bridgehead atoms. The van der Waals surface area contributed by atoms with E-state index in [1.165, 1.54) is 0 Å². The lowest BCUT2D eigenvalue weighted by atomic mass is 10.0. The molecule has 5 nitrogen and oxygen atoms in total. The fourth-order valence-electron chi connectivity index (χ4n) is 2.78. The third-order valence-electron chi connectivity index (χ3n) is 4.05. The monoisotopic (exact) mass is 419 g/mol. The molecular formula is C18H18BrN3O2S. The molecule has 25 heavy (non-hydrogen) atoms. The summed E-state index contributed by atoms with van der Waals surface area (Å²) in [5, 5.41) is 3.84. The van der Waals surface area contributed by atoms with E-state index in [1.807, 2.05) is 25.1 Å². The third-order valence-corrected chi connectivity index (χ3v) is 5.83. The van der Waals surface area contributed by atoms with Crippen LogP contribution >= 0.6 is 27.3 Å². The second kappa shape index (κ2) is 7.51. The van der Waals surface area contributed by atoms with Gasteiger partial charge in [-0.15, -0.1) is 11.3 Å². The lowest BCUT2D eigenvalue weighted by molar-refractivity contribution is -0.116. The van der Waals surface area contributed by atoms with Crippen molar-refractivity contribution in [2.45, 2.75) is 19.3 Å². The van der Waals surface area contributed by atoms with Gasteiger partial charge in [-0.1, -0.05) is 0 Å². The van der Waals surface area contributed by atoms with Crippen LogP contribution in [-0.4, -0.2) is 17.4 Å². The van der Waals surface area contributed by atoms with Gasteiger partial charge in [-0.25, -0.2) is 0 Å². The zero-order valence-electron chi connectivity index (χ0n) is 13.6. The first-order valence-electron chi connectivity index (χ1n) is 7.85. The Kier molecular flexibility index (Phi) is 5.36. The minimum atomic E-state index is -0.130. The quantitative estimate of drug-likeness (QED) is 0.588. The molecule has 0 aliphatic rings. The molecular weight excluding hydrogens is 402 g/mol. The van der Waals surface area contributed by atoms with Crippen LogP contribution in [0.15, 0.2) is 45.0 Å². The van der Waals surface area contributed by atoms with Crippen molar-refractivity contribution in [3.63, 3.8) is 0 Å². The number of nitrogens with two attached hydrogens (primary N) is 1. The Morgan fingerprint density at radius 3 is 2.80 bits per heavy atom. The van der Waals surface area contributed by atoms with Gasteiger partial charge < -0.3 is 16.0 Å². The number of rotatable bonds is 5. The molecule has 0 aliphatic carbocycles. The van der Waals surface area contributed by atoms with Crippen molar-refractivity contribution in [1.82, 2.24) is 4.98 Å². The number of carbonyl (C=O) groups is 1. The Labute approximate surface area is 157 Å². The standard InChI is InChI=1S/C18H18BrN3O2S/c1-10-6-17(23)22-14-3-2-12(8-13(10)14)21-18(24)7-11(9-20)15-4-5-16(19)25-15/h2-6,8,11H,7,9,20H2,1H3,(H,21,24)(H,22,23). The number of hydrogen-bond donors (Lipinski definition) is 3. The van der Waals surface area contributed by atoms with E-state index in [1.54, 1.807) is 29.5 Å². The Hall–Kier alpha value is -1.96. The number of aromatic amines is 1. The van der Waals surface area contributed by atoms with Crippen LogP contribution in [0, 0.1) is 6.92 Å². The summed E-state index contributed by atoms with van der Waals surface area (Å²) in [4.78, 5) is 27.8. The van der Waals surface area contributed by atoms with Crippen molar-refractivity contribution in [2.75, 3.05) is 11.9 Å². The highest BCUT2D eigenvalue weighted by Gasteiger charge is 2.17. The zero-order valence-corrected chi connectivity index (χ0v) is 16.0. The minimum Gasteiger partial charge on any atom is -0.330 e. The van der Waals surface area contributed by atoms with Gasteiger partial charge in [0.1, 0.15) is 0 Å². The van der Waals surface area contributed by atoms with E-state index in [4.69, 9.17) is 5.73 Å². The zero-order chi connectivity index (χ0) is 18.0. The van der Waals surface area contributed by atoms with Crippen molar-refractivity contribution >= 4 is 49.8 Å². The first-order chi connectivity index (χ1) is 12.0. The molecule has 0 fully saturated rings. The SMILES string of the molecule is Cc1cc(=O)[nH]c2ccc(NC(=O)CC(CN)c3ccc(Br)s3)cc12. The molecule has 7 heteroatoms. The smallest absolute Gasteiger partial charge is 0.248 e. The van der Waals surface area contributed by atoms with Gasteiger partial charge in [0.15, 0.2) is 0 Å². The van der Waals surface area contributed by atoms with Crippen LogP contribution in [0.5, 0.6) is 0 Å². The molecule has 130 valence electrons. The molecule has 0 radical (unpaired) electrons. The Balaban J connectivity index is 1.76. The number of halogens is 1. The van der Waals surface area contributed by atoms with Crippen molar-refractivity contribution < 1.29 is 4.79 Å². The van der Waals surface area contributed by atoms with E-state index in [9.17, 15) is 9.59 Å². The van der Waals surface area contributed by atoms with Gasteiger partial charge in [0.25, 0.3) is 0 Å². The van der Waals surface area contributed by atoms with Gasteiger partial charge in [0, 0.05) is 46.4 Å². The number of aromatic nitrogens is 1. The first-order valence-corrected chi connectivity index (χ1v) is 9.46. The maximum absolute atomic E-state index is 12.4. The molecule has 3 rings (SSSR count). The number of hydrogen-bond acceptors (Lipinski definition) is 4. The molecule has 4 N–H and O–H groups in total. The molecule has 2 aromatic heterocycles. The van der Waals surface area contributed by atoms with Crippen LogP contribution in [0.2, 0.25) is 0 Å². The summed E-state index contributed by atoms with van der Waals surface area (Å²) in [7, 11) is 0. The molecule has 0 aliphatic heterocycles. The van der Waals surface area contributed by atoms with Crippen molar-refractivity contribution in [1.29, 1.82) is 0 Å². The third kappa shape index (κ3) is 4.18. The Morgan fingerprint density at radius 2 is 2.12 bits per heavy atom. The summed E-state index contributed by atoms with van der Waals surface area (Å²) < 4.78 is 1.03. The van der Waals surface area contributed by atoms with E-state index in [0.29, 0.717) is 18.7 Å². The number of aryl methyl sites for hydroxylation is 1. The number of nitrogens with one attached hydrogen (secondary N) is 2. The van der Waals surface area contributed by atoms with Crippen LogP contribution in [0.25, 0.3) is 10.9 Å². The largest absolute Gasteiger partial charge is 0.330 e. The summed E-state index contributed by atoms with van der Waals surface area (Å²) in [5.74, 6) is -0.0868. The molecule has 2 heterocycles. The van der Waals surface area contributed by atoms with E-state index >= 15 is 0 Å². The molecule has 0 spiro atoms. The van der Waals surface area contributed by atoms with Gasteiger partial charge in [-0.05, 0) is 58.7 Å². The number of H-pyrrole nitrogens is 1. The molecule has 0 saturated heterocycles. The van der Waals surface area contributed by atoms with Crippen LogP contribution < -0.4 is 16.6 Å². The van der Waals surface area contributed by atoms with Crippen molar-refractivity contribution in [3.05, 3.63) is 61.0 Å². The van der Waals surface area contributed by atoms with Crippen LogP contribution in [-0.2, 0) is 4.79 Å². The molecule has 3 aromatic rings. The van der Waals surface area contributed by atoms with Crippen molar-refractivity contribution in [3.8, 4) is 0 Å². The molecule has 1 unspecified atom stereocenters. The maximum atomic E-state index is 12.4.